The Bertz CT molecular complexity index is 555. The Morgan fingerprint density at radius 2 is 1.76 bits per heavy atom. The molecule has 0 aromatic heterocycles. The topological polar surface area (TPSA) is 82.3 Å². The average molecular weight is 367 g/mol. The predicted molar refractivity (Wildman–Crippen MR) is 103 cm³/mol. The van der Waals surface area contributed by atoms with Gasteiger partial charge in [-0.2, -0.15) is 0 Å². The summed E-state index contributed by atoms with van der Waals surface area (Å²) in [5, 5.41) is 8.71. The van der Waals surface area contributed by atoms with Crippen LogP contribution in [0.3, 0.4) is 0 Å². The van der Waals surface area contributed by atoms with Crippen LogP contribution in [0.15, 0.2) is 29.2 Å². The van der Waals surface area contributed by atoms with Gasteiger partial charge in [-0.15, -0.1) is 0 Å². The van der Waals surface area contributed by atoms with E-state index in [0.717, 1.165) is 4.90 Å². The number of nitrogens with one attached hydrogen (secondary N) is 4. The molecule has 0 fully saturated rings. The molecule has 1 aromatic rings. The molecule has 0 heterocycles. The van der Waals surface area contributed by atoms with Gasteiger partial charge in [0.05, 0.1) is 6.42 Å². The maximum Gasteiger partial charge on any atom is 0.238 e. The molecule has 25 heavy (non-hydrogen) atoms. The van der Waals surface area contributed by atoms with E-state index in [1.54, 1.807) is 0 Å². The first kappa shape index (κ1) is 21.5. The van der Waals surface area contributed by atoms with Gasteiger partial charge in [-0.05, 0) is 58.8 Å². The fourth-order valence-electron chi connectivity index (χ4n) is 2.02. The highest BCUT2D eigenvalue weighted by molar-refractivity contribution is 7.97. The van der Waals surface area contributed by atoms with Gasteiger partial charge in [-0.3, -0.25) is 9.59 Å². The van der Waals surface area contributed by atoms with Crippen LogP contribution in [0.2, 0.25) is 0 Å². The highest BCUT2D eigenvalue weighted by Crippen LogP contribution is 2.16. The lowest BCUT2D eigenvalue weighted by Crippen LogP contribution is -2.48. The van der Waals surface area contributed by atoms with E-state index >= 15 is 0 Å². The van der Waals surface area contributed by atoms with Crippen molar-refractivity contribution in [1.82, 2.24) is 20.7 Å². The fraction of sp³-hybridized carbons (Fsp3) is 0.556. The molecule has 0 bridgehead atoms. The zero-order chi connectivity index (χ0) is 18.9. The summed E-state index contributed by atoms with van der Waals surface area (Å²) in [6.45, 7) is 8.97. The van der Waals surface area contributed by atoms with E-state index in [9.17, 15) is 9.59 Å². The number of carbonyl (C=O) groups excluding carboxylic acids is 2. The van der Waals surface area contributed by atoms with Gasteiger partial charge >= 0.3 is 0 Å². The van der Waals surface area contributed by atoms with Crippen LogP contribution in [0, 0.1) is 6.92 Å². The van der Waals surface area contributed by atoms with Crippen LogP contribution < -0.4 is 20.7 Å². The molecule has 0 unspecified atom stereocenters. The predicted octanol–water partition coefficient (Wildman–Crippen LogP) is 1.60. The van der Waals surface area contributed by atoms with Crippen molar-refractivity contribution in [3.05, 3.63) is 29.8 Å². The Morgan fingerprint density at radius 1 is 1.12 bits per heavy atom. The summed E-state index contributed by atoms with van der Waals surface area (Å²) >= 11 is 1.36. The summed E-state index contributed by atoms with van der Waals surface area (Å²) in [7, 11) is 1.83. The number of benzene rings is 1. The third-order valence-electron chi connectivity index (χ3n) is 3.23. The largest absolute Gasteiger partial charge is 0.353 e. The second-order valence-corrected chi connectivity index (χ2v) is 7.89. The lowest BCUT2D eigenvalue weighted by Gasteiger charge is -2.23. The molecule has 0 aliphatic rings. The van der Waals surface area contributed by atoms with Gasteiger partial charge in [0.25, 0.3) is 0 Å². The molecule has 2 amide bonds. The van der Waals surface area contributed by atoms with Gasteiger partial charge in [0.2, 0.25) is 11.8 Å². The zero-order valence-electron chi connectivity index (χ0n) is 15.7. The van der Waals surface area contributed by atoms with Gasteiger partial charge in [0.1, 0.15) is 6.04 Å². The molecule has 0 aliphatic heterocycles. The molecule has 0 saturated carbocycles. The summed E-state index contributed by atoms with van der Waals surface area (Å²) in [6.07, 6.45) is 0.0848. The average Bonchev–Trinajstić information content (AvgIpc) is 2.51. The summed E-state index contributed by atoms with van der Waals surface area (Å²) in [6, 6.07) is 7.39. The molecular formula is C18H30N4O2S. The molecule has 0 aliphatic carbocycles. The van der Waals surface area contributed by atoms with Crippen molar-refractivity contribution in [1.29, 1.82) is 0 Å². The first-order chi connectivity index (χ1) is 11.7. The van der Waals surface area contributed by atoms with Crippen molar-refractivity contribution in [3.63, 3.8) is 0 Å². The Balaban J connectivity index is 2.67. The van der Waals surface area contributed by atoms with Gasteiger partial charge < -0.3 is 16.0 Å². The van der Waals surface area contributed by atoms with Gasteiger partial charge in [0, 0.05) is 23.5 Å². The Morgan fingerprint density at radius 3 is 2.32 bits per heavy atom. The van der Waals surface area contributed by atoms with Crippen molar-refractivity contribution in [2.75, 3.05) is 20.1 Å². The number of carbonyl (C=O) groups is 2. The molecule has 7 heteroatoms. The van der Waals surface area contributed by atoms with Crippen molar-refractivity contribution in [2.45, 2.75) is 50.6 Å². The molecular weight excluding hydrogens is 336 g/mol. The van der Waals surface area contributed by atoms with Crippen molar-refractivity contribution < 1.29 is 9.59 Å². The quantitative estimate of drug-likeness (QED) is 0.394. The fourth-order valence-corrected chi connectivity index (χ4v) is 2.76. The third-order valence-corrected chi connectivity index (χ3v) is 4.14. The number of likely N-dealkylation sites (N-methyl/N-ethyl adjacent to an activating group) is 1. The number of hydrogen-bond donors (Lipinski definition) is 4. The van der Waals surface area contributed by atoms with E-state index in [4.69, 9.17) is 0 Å². The molecule has 0 saturated heterocycles. The molecule has 1 aromatic carbocycles. The summed E-state index contributed by atoms with van der Waals surface area (Å²) < 4.78 is 3.12. The molecule has 140 valence electrons. The summed E-state index contributed by atoms with van der Waals surface area (Å²) in [4.78, 5) is 25.6. The molecule has 1 atom stereocenters. The van der Waals surface area contributed by atoms with Crippen LogP contribution in [-0.2, 0) is 9.59 Å². The highest BCUT2D eigenvalue weighted by Gasteiger charge is 2.24. The van der Waals surface area contributed by atoms with Crippen LogP contribution >= 0.6 is 11.9 Å². The molecule has 4 N–H and O–H groups in total. The van der Waals surface area contributed by atoms with Crippen LogP contribution in [0.4, 0.5) is 0 Å². The number of amides is 2. The monoisotopic (exact) mass is 366 g/mol. The van der Waals surface area contributed by atoms with Crippen LogP contribution in [-0.4, -0.2) is 43.5 Å². The van der Waals surface area contributed by atoms with E-state index in [1.807, 2.05) is 59.0 Å². The molecule has 1 rings (SSSR count). The van der Waals surface area contributed by atoms with Crippen LogP contribution in [0.5, 0.6) is 0 Å². The minimum atomic E-state index is -0.606. The van der Waals surface area contributed by atoms with Gasteiger partial charge in [-0.1, -0.05) is 17.7 Å². The normalized spacial score (nSPS) is 12.5. The van der Waals surface area contributed by atoms with E-state index in [1.165, 1.54) is 17.5 Å². The third kappa shape index (κ3) is 9.48. The second kappa shape index (κ2) is 10.4. The highest BCUT2D eigenvalue weighted by atomic mass is 32.2. The maximum absolute atomic E-state index is 12.4. The van der Waals surface area contributed by atoms with Crippen molar-refractivity contribution >= 4 is 23.8 Å². The van der Waals surface area contributed by atoms with Crippen LogP contribution in [0.25, 0.3) is 0 Å². The minimum Gasteiger partial charge on any atom is -0.353 e. The van der Waals surface area contributed by atoms with E-state index < -0.39 is 6.04 Å². The SMILES string of the molecule is CNCCNC(=O)[C@H](CC(=O)NC(C)(C)C)NSc1ccc(C)cc1. The maximum atomic E-state index is 12.4. The second-order valence-electron chi connectivity index (χ2n) is 6.98. The minimum absolute atomic E-state index is 0.0848. The Kier molecular flexibility index (Phi) is 8.96. The lowest BCUT2D eigenvalue weighted by atomic mass is 10.1. The lowest BCUT2D eigenvalue weighted by molar-refractivity contribution is -0.128. The summed E-state index contributed by atoms with van der Waals surface area (Å²) in [5.41, 5.74) is 0.851. The van der Waals surface area contributed by atoms with Gasteiger partial charge in [-0.25, -0.2) is 4.72 Å². The number of hydrogen-bond acceptors (Lipinski definition) is 5. The number of rotatable bonds is 9. The molecule has 0 radical (unpaired) electrons. The van der Waals surface area contributed by atoms with E-state index in [0.29, 0.717) is 13.1 Å². The van der Waals surface area contributed by atoms with Crippen LogP contribution in [0.1, 0.15) is 32.8 Å². The van der Waals surface area contributed by atoms with E-state index in [-0.39, 0.29) is 23.8 Å². The zero-order valence-corrected chi connectivity index (χ0v) is 16.5. The van der Waals surface area contributed by atoms with Gasteiger partial charge in [0.15, 0.2) is 0 Å². The first-order valence-corrected chi connectivity index (χ1v) is 9.25. The van der Waals surface area contributed by atoms with E-state index in [2.05, 4.69) is 20.7 Å². The molecule has 0 spiro atoms. The van der Waals surface area contributed by atoms with Crippen molar-refractivity contribution in [3.8, 4) is 0 Å². The summed E-state index contributed by atoms with van der Waals surface area (Å²) in [5.74, 6) is -0.336. The number of aryl methyl sites for hydroxylation is 1. The Hall–Kier alpha value is -1.57. The Labute approximate surface area is 155 Å². The standard InChI is InChI=1S/C18H30N4O2S/c1-13-6-8-14(9-7-13)25-22-15(17(24)20-11-10-19-5)12-16(23)21-18(2,3)4/h6-9,15,19,22H,10-12H2,1-5H3,(H,20,24)(H,21,23)/t15-/m0/s1. The molecule has 6 nitrogen and oxygen atoms in total. The van der Waals surface area contributed by atoms with Crippen molar-refractivity contribution in [2.24, 2.45) is 0 Å². The smallest absolute Gasteiger partial charge is 0.238 e. The first-order valence-electron chi connectivity index (χ1n) is 8.43.